The van der Waals surface area contributed by atoms with E-state index in [-0.39, 0.29) is 22.6 Å². The number of piperidine rings is 1. The molecule has 2 aliphatic heterocycles. The van der Waals surface area contributed by atoms with E-state index in [2.05, 4.69) is 56.1 Å². The van der Waals surface area contributed by atoms with Gasteiger partial charge in [-0.15, -0.1) is 0 Å². The van der Waals surface area contributed by atoms with E-state index >= 15 is 0 Å². The van der Waals surface area contributed by atoms with E-state index in [9.17, 15) is 4.79 Å². The van der Waals surface area contributed by atoms with Crippen LogP contribution in [-0.2, 0) is 16.7 Å². The van der Waals surface area contributed by atoms with Crippen LogP contribution < -0.4 is 10.9 Å². The smallest absolute Gasteiger partial charge is 0.261 e. The molecule has 3 aromatic rings. The molecular formula is C37H53N5O2. The predicted molar refractivity (Wildman–Crippen MR) is 179 cm³/mol. The minimum absolute atomic E-state index is 0.00316. The van der Waals surface area contributed by atoms with Gasteiger partial charge in [0.1, 0.15) is 5.82 Å². The third-order valence-corrected chi connectivity index (χ3v) is 10.8. The number of ether oxygens (including phenoxy) is 1. The molecule has 44 heavy (non-hydrogen) atoms. The van der Waals surface area contributed by atoms with Crippen LogP contribution in [0.2, 0.25) is 0 Å². The molecule has 4 heterocycles. The van der Waals surface area contributed by atoms with Crippen LogP contribution in [0.3, 0.4) is 0 Å². The fourth-order valence-electron chi connectivity index (χ4n) is 8.86. The topological polar surface area (TPSA) is 72.3 Å². The standard InChI is InChI=1S/C37H53N5O2/c1-5-11-32(41-24-27(3)22-28(4)25-41)34-40-31-14-13-29(23-30(31)35(43)42(34)6-2)38-20-17-36(33-12-7-10-19-39-33)18-21-44-37(26-36)15-8-9-16-37/h7,10,12-14,19,23,27-28,32,38H,5-6,8-9,11,15-18,20-22,24-26H2,1-4H3/t27-,28+,32-,36-/m0/s1. The molecule has 3 fully saturated rings. The fourth-order valence-corrected chi connectivity index (χ4v) is 8.86. The molecule has 238 valence electrons. The third-order valence-electron chi connectivity index (χ3n) is 10.8. The molecule has 2 saturated heterocycles. The zero-order valence-electron chi connectivity index (χ0n) is 27.5. The van der Waals surface area contributed by atoms with Crippen molar-refractivity contribution in [3.63, 3.8) is 0 Å². The van der Waals surface area contributed by atoms with E-state index in [1.54, 1.807) is 0 Å². The highest BCUT2D eigenvalue weighted by Gasteiger charge is 2.48. The van der Waals surface area contributed by atoms with Crippen molar-refractivity contribution < 1.29 is 4.74 Å². The average Bonchev–Trinajstić information content (AvgIpc) is 3.47. The summed E-state index contributed by atoms with van der Waals surface area (Å²) in [6.45, 7) is 13.4. The lowest BCUT2D eigenvalue weighted by Crippen LogP contribution is -2.47. The third kappa shape index (κ3) is 6.32. The second kappa shape index (κ2) is 13.3. The molecule has 7 nitrogen and oxygen atoms in total. The van der Waals surface area contributed by atoms with Crippen LogP contribution in [-0.4, -0.2) is 51.3 Å². The first-order valence-corrected chi connectivity index (χ1v) is 17.4. The van der Waals surface area contributed by atoms with Crippen LogP contribution in [0.4, 0.5) is 5.69 Å². The van der Waals surface area contributed by atoms with Crippen molar-refractivity contribution in [3.05, 3.63) is 64.5 Å². The van der Waals surface area contributed by atoms with Crippen molar-refractivity contribution in [3.8, 4) is 0 Å². The number of fused-ring (bicyclic) bond motifs is 1. The normalized spacial score (nSPS) is 26.3. The van der Waals surface area contributed by atoms with E-state index < -0.39 is 0 Å². The van der Waals surface area contributed by atoms with Crippen molar-refractivity contribution in [2.45, 2.75) is 116 Å². The molecule has 1 saturated carbocycles. The highest BCUT2D eigenvalue weighted by molar-refractivity contribution is 5.81. The molecule has 1 aromatic carbocycles. The lowest BCUT2D eigenvalue weighted by molar-refractivity contribution is -0.104. The molecule has 2 aromatic heterocycles. The largest absolute Gasteiger partial charge is 0.385 e. The quantitative estimate of drug-likeness (QED) is 0.260. The number of benzene rings is 1. The Hall–Kier alpha value is -2.77. The number of hydrogen-bond donors (Lipinski definition) is 1. The SMILES string of the molecule is CCC[C@@H](c1nc2ccc(NCC[C@]3(c4ccccn4)CCOC4(CCCC4)C3)cc2c(=O)n1CC)N1C[C@H](C)C[C@H](C)C1. The van der Waals surface area contributed by atoms with Crippen molar-refractivity contribution in [1.82, 2.24) is 19.4 Å². The van der Waals surface area contributed by atoms with Gasteiger partial charge in [0.15, 0.2) is 0 Å². The Morgan fingerprint density at radius 2 is 1.86 bits per heavy atom. The maximum atomic E-state index is 14.0. The van der Waals surface area contributed by atoms with Gasteiger partial charge < -0.3 is 10.1 Å². The number of likely N-dealkylation sites (tertiary alicyclic amines) is 1. The Balaban J connectivity index is 1.24. The van der Waals surface area contributed by atoms with Crippen LogP contribution >= 0.6 is 0 Å². The fraction of sp³-hybridized carbons (Fsp3) is 0.649. The molecule has 0 amide bonds. The summed E-state index contributed by atoms with van der Waals surface area (Å²) in [6, 6.07) is 12.7. The second-order valence-corrected chi connectivity index (χ2v) is 14.3. The first kappa shape index (κ1) is 31.2. The van der Waals surface area contributed by atoms with Gasteiger partial charge in [-0.05, 0) is 94.0 Å². The summed E-state index contributed by atoms with van der Waals surface area (Å²) in [7, 11) is 0. The summed E-state index contributed by atoms with van der Waals surface area (Å²) < 4.78 is 8.39. The van der Waals surface area contributed by atoms with Crippen molar-refractivity contribution in [2.24, 2.45) is 11.8 Å². The zero-order chi connectivity index (χ0) is 30.7. The van der Waals surface area contributed by atoms with Crippen molar-refractivity contribution >= 4 is 16.6 Å². The number of rotatable bonds is 10. The van der Waals surface area contributed by atoms with E-state index in [1.165, 1.54) is 25.0 Å². The highest BCUT2D eigenvalue weighted by atomic mass is 16.5. The van der Waals surface area contributed by atoms with Crippen LogP contribution in [0.25, 0.3) is 10.9 Å². The molecule has 0 unspecified atom stereocenters. The molecule has 1 N–H and O–H groups in total. The van der Waals surface area contributed by atoms with Gasteiger partial charge in [-0.1, -0.05) is 46.1 Å². The van der Waals surface area contributed by atoms with E-state index in [1.807, 2.05) is 29.0 Å². The number of nitrogens with zero attached hydrogens (tertiary/aromatic N) is 4. The molecule has 1 spiro atoms. The molecular weight excluding hydrogens is 546 g/mol. The first-order chi connectivity index (χ1) is 21.4. The Labute approximate surface area is 263 Å². The average molecular weight is 600 g/mol. The summed E-state index contributed by atoms with van der Waals surface area (Å²) in [5.74, 6) is 2.26. The first-order valence-electron chi connectivity index (χ1n) is 17.4. The van der Waals surface area contributed by atoms with Gasteiger partial charge in [0.25, 0.3) is 5.56 Å². The molecule has 3 aliphatic rings. The summed E-state index contributed by atoms with van der Waals surface area (Å²) >= 11 is 0. The summed E-state index contributed by atoms with van der Waals surface area (Å²) in [6.07, 6.45) is 13.1. The second-order valence-electron chi connectivity index (χ2n) is 14.3. The monoisotopic (exact) mass is 599 g/mol. The summed E-state index contributed by atoms with van der Waals surface area (Å²) in [5.41, 5.74) is 3.06. The zero-order valence-corrected chi connectivity index (χ0v) is 27.5. The minimum Gasteiger partial charge on any atom is -0.385 e. The van der Waals surface area contributed by atoms with Gasteiger partial charge in [0.05, 0.1) is 22.5 Å². The molecule has 1 aliphatic carbocycles. The predicted octanol–water partition coefficient (Wildman–Crippen LogP) is 7.49. The molecule has 6 rings (SSSR count). The van der Waals surface area contributed by atoms with Crippen LogP contribution in [0.1, 0.15) is 109 Å². The number of aromatic nitrogens is 3. The maximum absolute atomic E-state index is 14.0. The highest BCUT2D eigenvalue weighted by Crippen LogP contribution is 2.49. The van der Waals surface area contributed by atoms with Gasteiger partial charge in [-0.2, -0.15) is 0 Å². The Morgan fingerprint density at radius 3 is 2.57 bits per heavy atom. The van der Waals surface area contributed by atoms with Crippen molar-refractivity contribution in [2.75, 3.05) is 31.6 Å². The van der Waals surface area contributed by atoms with Crippen LogP contribution in [0.5, 0.6) is 0 Å². The van der Waals surface area contributed by atoms with Gasteiger partial charge in [0.2, 0.25) is 0 Å². The lowest BCUT2D eigenvalue weighted by atomic mass is 9.68. The number of nitrogens with one attached hydrogen (secondary N) is 1. The Kier molecular flexibility index (Phi) is 9.44. The van der Waals surface area contributed by atoms with E-state index in [0.29, 0.717) is 23.8 Å². The molecule has 0 radical (unpaired) electrons. The van der Waals surface area contributed by atoms with E-state index in [4.69, 9.17) is 14.7 Å². The maximum Gasteiger partial charge on any atom is 0.261 e. The van der Waals surface area contributed by atoms with Crippen molar-refractivity contribution in [1.29, 1.82) is 0 Å². The number of anilines is 1. The molecule has 7 heteroatoms. The van der Waals surface area contributed by atoms with Crippen LogP contribution in [0, 0.1) is 11.8 Å². The minimum atomic E-state index is -0.00316. The van der Waals surface area contributed by atoms with Gasteiger partial charge in [-0.3, -0.25) is 19.2 Å². The molecule has 0 bridgehead atoms. The van der Waals surface area contributed by atoms with E-state index in [0.717, 1.165) is 88.2 Å². The molecule has 4 atom stereocenters. The Bertz CT molecular complexity index is 1460. The summed E-state index contributed by atoms with van der Waals surface area (Å²) in [4.78, 5) is 26.7. The van der Waals surface area contributed by atoms with Gasteiger partial charge in [-0.25, -0.2) is 4.98 Å². The van der Waals surface area contributed by atoms with Gasteiger partial charge >= 0.3 is 0 Å². The van der Waals surface area contributed by atoms with Crippen LogP contribution in [0.15, 0.2) is 47.4 Å². The summed E-state index contributed by atoms with van der Waals surface area (Å²) in [5, 5.41) is 4.39. The Morgan fingerprint density at radius 1 is 1.07 bits per heavy atom. The van der Waals surface area contributed by atoms with Gasteiger partial charge in [0, 0.05) is 55.8 Å². The lowest BCUT2D eigenvalue weighted by Gasteiger charge is -2.46. The number of hydrogen-bond acceptors (Lipinski definition) is 6. The number of pyridine rings is 1.